The van der Waals surface area contributed by atoms with Crippen molar-refractivity contribution in [2.45, 2.75) is 173 Å². The summed E-state index contributed by atoms with van der Waals surface area (Å²) in [6, 6.07) is -1.14. The standard InChI is InChI=1S/C44H69NO12.C4H6O4/c1-10-13-31-19-25(2)18-26(3)20-37(54-8)40-38(55-9)22-28(5)44(52,57-40)41(49)42(50)45-17-12-11-14-32(45)43(51)56-39(29(6)34(47)24-35(31)48)27(4)21-30-15-16-33(46)36(23-30)53-7;5-3(6)1-2-4(7)8/h10,19,21,26,28-34,36-40,46-47,52H,1,11-18,20,22-24H2,2-9H3;1-2H2,(H,5,6)(H,7,8)/b25-19+,27-21+;/t26-,28+,29+,30-,31+,32-,33+,34-,36+,37-,38-,39+,40+,44+;/m0./s1. The fraction of sp³-hybridized carbons (Fsp3) is 0.750. The summed E-state index contributed by atoms with van der Waals surface area (Å²) in [6.45, 7) is 13.1. The summed E-state index contributed by atoms with van der Waals surface area (Å²) in [6.07, 6.45) is 4.34. The van der Waals surface area contributed by atoms with Gasteiger partial charge in [0.25, 0.3) is 11.7 Å². The number of amides is 1. The Balaban J connectivity index is 0.00000128. The van der Waals surface area contributed by atoms with Crippen molar-refractivity contribution in [3.63, 3.8) is 0 Å². The number of hydrogen-bond acceptors (Lipinski definition) is 14. The highest BCUT2D eigenvalue weighted by molar-refractivity contribution is 6.39. The molecule has 2 saturated heterocycles. The van der Waals surface area contributed by atoms with Crippen LogP contribution in [0.1, 0.15) is 118 Å². The number of carbonyl (C=O) groups is 6. The number of Topliss-reactive ketones (excluding diaryl/α,β-unsaturated/α-hetero) is 2. The zero-order valence-electron chi connectivity index (χ0n) is 39.5. The lowest BCUT2D eigenvalue weighted by molar-refractivity contribution is -0.302. The molecule has 3 aliphatic heterocycles. The smallest absolute Gasteiger partial charge is 0.329 e. The number of aliphatic hydroxyl groups excluding tert-OH is 2. The highest BCUT2D eigenvalue weighted by Crippen LogP contribution is 2.39. The fourth-order valence-electron chi connectivity index (χ4n) is 9.64. The van der Waals surface area contributed by atoms with E-state index in [0.717, 1.165) is 5.57 Å². The molecule has 1 amide bonds. The van der Waals surface area contributed by atoms with E-state index in [2.05, 4.69) is 6.58 Å². The van der Waals surface area contributed by atoms with E-state index < -0.39 is 95.8 Å². The average molecular weight is 922 g/mol. The SMILES string of the molecule is C=CC[C@@H]1/C=C(\C)C[C@H](C)C[C@H](OC)[C@H]2O[C@@](O)(C(=O)C(=O)N3CCCC[C@H]3C(=O)O[C@H](/C(C)=C/[C@@H]3CC[C@@H](O)[C@H](OC)C3)[C@H](C)[C@@H](O)CC1=O)[C@H](C)C[C@@H]2OC.O=C(O)CCC(=O)O. The molecule has 17 nitrogen and oxygen atoms in total. The predicted molar refractivity (Wildman–Crippen MR) is 237 cm³/mol. The summed E-state index contributed by atoms with van der Waals surface area (Å²) in [5.74, 6) is -9.91. The molecule has 4 rings (SSSR count). The number of aliphatic carboxylic acids is 2. The third-order valence-corrected chi connectivity index (χ3v) is 13.4. The number of allylic oxidation sites excluding steroid dienone is 4. The highest BCUT2D eigenvalue weighted by Gasteiger charge is 2.56. The van der Waals surface area contributed by atoms with Crippen LogP contribution in [0.5, 0.6) is 0 Å². The number of rotatable bonds is 10. The normalized spacial score (nSPS) is 37.0. The van der Waals surface area contributed by atoms with Crippen LogP contribution in [0.4, 0.5) is 0 Å². The van der Waals surface area contributed by atoms with Gasteiger partial charge in [0.2, 0.25) is 5.79 Å². The van der Waals surface area contributed by atoms with Gasteiger partial charge in [-0.1, -0.05) is 44.6 Å². The van der Waals surface area contributed by atoms with Crippen LogP contribution in [-0.2, 0) is 52.5 Å². The summed E-state index contributed by atoms with van der Waals surface area (Å²) >= 11 is 0. The average Bonchev–Trinajstić information content (AvgIpc) is 3.26. The second-order valence-corrected chi connectivity index (χ2v) is 18.6. The molecule has 65 heavy (non-hydrogen) atoms. The Morgan fingerprint density at radius 2 is 1.49 bits per heavy atom. The summed E-state index contributed by atoms with van der Waals surface area (Å²) in [7, 11) is 4.61. The molecule has 3 fully saturated rings. The fourth-order valence-corrected chi connectivity index (χ4v) is 9.64. The molecule has 0 aromatic carbocycles. The first-order valence-corrected chi connectivity index (χ1v) is 22.9. The zero-order valence-corrected chi connectivity index (χ0v) is 39.5. The van der Waals surface area contributed by atoms with Gasteiger partial charge in [-0.15, -0.1) is 6.58 Å². The minimum absolute atomic E-state index is 0.00988. The number of piperidine rings is 1. The molecule has 17 heteroatoms. The van der Waals surface area contributed by atoms with Gasteiger partial charge in [0, 0.05) is 52.0 Å². The molecule has 0 radical (unpaired) electrons. The topological polar surface area (TPSA) is 253 Å². The number of carboxylic acids is 2. The molecular formula is C48H75NO16. The van der Waals surface area contributed by atoms with Crippen LogP contribution in [0.15, 0.2) is 36.0 Å². The number of nitrogens with zero attached hydrogens (tertiary/aromatic N) is 1. The van der Waals surface area contributed by atoms with Gasteiger partial charge < -0.3 is 54.1 Å². The van der Waals surface area contributed by atoms with Gasteiger partial charge in [-0.05, 0) is 95.5 Å². The van der Waals surface area contributed by atoms with Crippen molar-refractivity contribution in [2.24, 2.45) is 29.6 Å². The Kier molecular flexibility index (Phi) is 22.1. The Hall–Kier alpha value is -3.84. The number of methoxy groups -OCH3 is 3. The first-order chi connectivity index (χ1) is 30.6. The molecule has 5 N–H and O–H groups in total. The van der Waals surface area contributed by atoms with Crippen LogP contribution in [0.2, 0.25) is 0 Å². The maximum atomic E-state index is 14.3. The molecule has 1 aliphatic carbocycles. The Bertz CT molecular complexity index is 1700. The van der Waals surface area contributed by atoms with Crippen molar-refractivity contribution in [1.29, 1.82) is 0 Å². The number of fused-ring (bicyclic) bond motifs is 3. The molecule has 0 spiro atoms. The first-order valence-electron chi connectivity index (χ1n) is 22.9. The van der Waals surface area contributed by atoms with Crippen molar-refractivity contribution in [3.05, 3.63) is 36.0 Å². The summed E-state index contributed by atoms with van der Waals surface area (Å²) in [5, 5.41) is 49.9. The van der Waals surface area contributed by atoms with Crippen LogP contribution in [0, 0.1) is 29.6 Å². The predicted octanol–water partition coefficient (Wildman–Crippen LogP) is 4.57. The molecule has 3 heterocycles. The number of ketones is 2. The van der Waals surface area contributed by atoms with E-state index in [-0.39, 0.29) is 62.4 Å². The molecule has 0 aromatic heterocycles. The van der Waals surface area contributed by atoms with Gasteiger partial charge in [0.1, 0.15) is 24.0 Å². The number of esters is 1. The lowest BCUT2D eigenvalue weighted by Crippen LogP contribution is -2.64. The van der Waals surface area contributed by atoms with E-state index in [1.165, 1.54) is 19.1 Å². The summed E-state index contributed by atoms with van der Waals surface area (Å²) in [4.78, 5) is 77.1. The second-order valence-electron chi connectivity index (χ2n) is 18.6. The van der Waals surface area contributed by atoms with Crippen molar-refractivity contribution in [3.8, 4) is 0 Å². The van der Waals surface area contributed by atoms with Gasteiger partial charge >= 0.3 is 17.9 Å². The monoisotopic (exact) mass is 922 g/mol. The number of hydrogen-bond donors (Lipinski definition) is 5. The van der Waals surface area contributed by atoms with E-state index in [9.17, 15) is 44.1 Å². The highest BCUT2D eigenvalue weighted by atomic mass is 16.7. The van der Waals surface area contributed by atoms with Crippen LogP contribution < -0.4 is 0 Å². The maximum Gasteiger partial charge on any atom is 0.329 e. The Morgan fingerprint density at radius 1 is 0.877 bits per heavy atom. The lowest BCUT2D eigenvalue weighted by Gasteiger charge is -2.47. The first kappa shape index (κ1) is 55.5. The number of carbonyl (C=O) groups excluding carboxylic acids is 4. The third-order valence-electron chi connectivity index (χ3n) is 13.4. The van der Waals surface area contributed by atoms with Gasteiger partial charge in [-0.3, -0.25) is 24.0 Å². The number of ether oxygens (including phenoxy) is 5. The molecule has 1 saturated carbocycles. The number of aliphatic hydroxyl groups is 3. The van der Waals surface area contributed by atoms with E-state index in [4.69, 9.17) is 33.9 Å². The molecule has 14 atom stereocenters. The van der Waals surface area contributed by atoms with Crippen molar-refractivity contribution < 1.29 is 78.0 Å². The minimum Gasteiger partial charge on any atom is -0.481 e. The van der Waals surface area contributed by atoms with Gasteiger partial charge in [-0.2, -0.15) is 0 Å². The molecule has 4 aliphatic rings. The third kappa shape index (κ3) is 15.3. The minimum atomic E-state index is -2.51. The van der Waals surface area contributed by atoms with Crippen molar-refractivity contribution in [2.75, 3.05) is 27.9 Å². The van der Waals surface area contributed by atoms with Crippen LogP contribution in [0.25, 0.3) is 0 Å². The summed E-state index contributed by atoms with van der Waals surface area (Å²) < 4.78 is 29.7. The molecule has 0 aromatic rings. The van der Waals surface area contributed by atoms with Gasteiger partial charge in [0.05, 0.1) is 43.4 Å². The van der Waals surface area contributed by atoms with Crippen LogP contribution in [0.3, 0.4) is 0 Å². The van der Waals surface area contributed by atoms with Gasteiger partial charge in [0.15, 0.2) is 0 Å². The van der Waals surface area contributed by atoms with Gasteiger partial charge in [-0.25, -0.2) is 4.79 Å². The largest absolute Gasteiger partial charge is 0.481 e. The van der Waals surface area contributed by atoms with Crippen LogP contribution in [-0.4, -0.2) is 148 Å². The van der Waals surface area contributed by atoms with Crippen molar-refractivity contribution in [1.82, 2.24) is 4.90 Å². The molecule has 0 unspecified atom stereocenters. The van der Waals surface area contributed by atoms with E-state index >= 15 is 0 Å². The van der Waals surface area contributed by atoms with E-state index in [1.807, 2.05) is 32.9 Å². The Morgan fingerprint density at radius 3 is 2.08 bits per heavy atom. The maximum absolute atomic E-state index is 14.3. The van der Waals surface area contributed by atoms with E-state index in [1.54, 1.807) is 27.0 Å². The number of cyclic esters (lactones) is 1. The van der Waals surface area contributed by atoms with Crippen molar-refractivity contribution >= 4 is 35.4 Å². The molecular weight excluding hydrogens is 847 g/mol. The lowest BCUT2D eigenvalue weighted by atomic mass is 9.81. The summed E-state index contributed by atoms with van der Waals surface area (Å²) in [5.41, 5.74) is 1.61. The van der Waals surface area contributed by atoms with E-state index in [0.29, 0.717) is 56.9 Å². The number of carboxylic acid groups (broad SMARTS) is 2. The molecule has 368 valence electrons. The van der Waals surface area contributed by atoms with Crippen LogP contribution >= 0.6 is 0 Å². The Labute approximate surface area is 383 Å². The molecule has 2 bridgehead atoms. The zero-order chi connectivity index (χ0) is 48.8. The second kappa shape index (κ2) is 25.9. The quantitative estimate of drug-likeness (QED) is 0.114.